The zero-order valence-corrected chi connectivity index (χ0v) is 10.2. The highest BCUT2D eigenvalue weighted by atomic mass is 79.9. The lowest BCUT2D eigenvalue weighted by Gasteiger charge is -2.30. The highest BCUT2D eigenvalue weighted by Gasteiger charge is 2.20. The van der Waals surface area contributed by atoms with Gasteiger partial charge in [-0.3, -0.25) is 4.79 Å². The average Bonchev–Trinajstić information content (AvgIpc) is 2.13. The third-order valence-corrected chi connectivity index (χ3v) is 2.95. The van der Waals surface area contributed by atoms with Crippen LogP contribution in [0.2, 0.25) is 0 Å². The molecule has 1 heterocycles. The largest absolute Gasteiger partial charge is 0.481 e. The first-order valence-electron chi connectivity index (χ1n) is 5.02. The van der Waals surface area contributed by atoms with Gasteiger partial charge in [-0.2, -0.15) is 0 Å². The van der Waals surface area contributed by atoms with Crippen molar-refractivity contribution < 1.29 is 13.9 Å². The highest BCUT2D eigenvalue weighted by Crippen LogP contribution is 2.21. The molecule has 0 radical (unpaired) electrons. The molecule has 1 fully saturated rings. The molecule has 0 saturated carbocycles. The first-order chi connectivity index (χ1) is 7.66. The number of hydrogen-bond acceptors (Lipinski definition) is 2. The summed E-state index contributed by atoms with van der Waals surface area (Å²) in [6.45, 7) is 1.47. The molecular weight excluding hydrogens is 277 g/mol. The van der Waals surface area contributed by atoms with E-state index in [4.69, 9.17) is 4.74 Å². The Morgan fingerprint density at radius 2 is 2.25 bits per heavy atom. The van der Waals surface area contributed by atoms with Gasteiger partial charge in [0.1, 0.15) is 0 Å². The Bertz CT molecular complexity index is 407. The SMILES string of the molecule is O=C(COc1ccc(Br)cc1F)N1CCC1. The van der Waals surface area contributed by atoms with E-state index >= 15 is 0 Å². The number of hydrogen-bond donors (Lipinski definition) is 0. The minimum atomic E-state index is -0.467. The molecule has 1 aliphatic rings. The summed E-state index contributed by atoms with van der Waals surface area (Å²) in [4.78, 5) is 13.1. The summed E-state index contributed by atoms with van der Waals surface area (Å²) < 4.78 is 19.1. The summed E-state index contributed by atoms with van der Waals surface area (Å²) in [6.07, 6.45) is 1.04. The molecule has 0 atom stereocenters. The maximum Gasteiger partial charge on any atom is 0.260 e. The molecule has 0 spiro atoms. The first kappa shape index (κ1) is 11.4. The summed E-state index contributed by atoms with van der Waals surface area (Å²) >= 11 is 3.15. The van der Waals surface area contributed by atoms with Crippen molar-refractivity contribution in [1.82, 2.24) is 4.90 Å². The molecular formula is C11H11BrFNO2. The van der Waals surface area contributed by atoms with Gasteiger partial charge in [0.2, 0.25) is 0 Å². The van der Waals surface area contributed by atoms with Crippen LogP contribution in [0, 0.1) is 5.82 Å². The Balaban J connectivity index is 1.91. The van der Waals surface area contributed by atoms with Crippen molar-refractivity contribution in [2.45, 2.75) is 6.42 Å². The van der Waals surface area contributed by atoms with Gasteiger partial charge in [0, 0.05) is 17.6 Å². The Kier molecular flexibility index (Phi) is 3.43. The number of carbonyl (C=O) groups is 1. The Hall–Kier alpha value is -1.10. The Morgan fingerprint density at radius 1 is 1.50 bits per heavy atom. The normalized spacial score (nSPS) is 14.5. The molecule has 0 aliphatic carbocycles. The van der Waals surface area contributed by atoms with Gasteiger partial charge >= 0.3 is 0 Å². The van der Waals surface area contributed by atoms with E-state index in [1.807, 2.05) is 0 Å². The Labute approximate surface area is 101 Å². The van der Waals surface area contributed by atoms with Crippen LogP contribution in [0.1, 0.15) is 6.42 Å². The fraction of sp³-hybridized carbons (Fsp3) is 0.364. The van der Waals surface area contributed by atoms with Crippen LogP contribution in [0.4, 0.5) is 4.39 Å². The fourth-order valence-corrected chi connectivity index (χ4v) is 1.72. The average molecular weight is 288 g/mol. The molecule has 1 aliphatic heterocycles. The number of halogens is 2. The van der Waals surface area contributed by atoms with Crippen molar-refractivity contribution in [3.05, 3.63) is 28.5 Å². The number of benzene rings is 1. The second kappa shape index (κ2) is 4.82. The predicted octanol–water partition coefficient (Wildman–Crippen LogP) is 2.20. The topological polar surface area (TPSA) is 29.5 Å². The molecule has 0 aromatic heterocycles. The van der Waals surface area contributed by atoms with Gasteiger partial charge in [0.25, 0.3) is 5.91 Å². The van der Waals surface area contributed by atoms with E-state index in [0.29, 0.717) is 4.47 Å². The van der Waals surface area contributed by atoms with Crippen LogP contribution in [-0.2, 0) is 4.79 Å². The van der Waals surface area contributed by atoms with E-state index in [-0.39, 0.29) is 18.3 Å². The van der Waals surface area contributed by atoms with Crippen molar-refractivity contribution in [2.75, 3.05) is 19.7 Å². The van der Waals surface area contributed by atoms with Crippen molar-refractivity contribution in [2.24, 2.45) is 0 Å². The summed E-state index contributed by atoms with van der Waals surface area (Å²) in [7, 11) is 0. The molecule has 1 saturated heterocycles. The number of carbonyl (C=O) groups excluding carboxylic acids is 1. The molecule has 16 heavy (non-hydrogen) atoms. The summed E-state index contributed by atoms with van der Waals surface area (Å²) in [5.74, 6) is -0.448. The fourth-order valence-electron chi connectivity index (χ4n) is 1.39. The maximum atomic E-state index is 13.3. The smallest absolute Gasteiger partial charge is 0.260 e. The van der Waals surface area contributed by atoms with Gasteiger partial charge in [-0.05, 0) is 24.6 Å². The van der Waals surface area contributed by atoms with Crippen LogP contribution in [-0.4, -0.2) is 30.5 Å². The lowest BCUT2D eigenvalue weighted by Crippen LogP contribution is -2.44. The molecule has 1 amide bonds. The standard InChI is InChI=1S/C11H11BrFNO2/c12-8-2-3-10(9(13)6-8)16-7-11(15)14-4-1-5-14/h2-3,6H,1,4-5,7H2. The van der Waals surface area contributed by atoms with Crippen LogP contribution in [0.15, 0.2) is 22.7 Å². The van der Waals surface area contributed by atoms with Crippen LogP contribution in [0.5, 0.6) is 5.75 Å². The number of nitrogens with zero attached hydrogens (tertiary/aromatic N) is 1. The van der Waals surface area contributed by atoms with Crippen LogP contribution in [0.25, 0.3) is 0 Å². The van der Waals surface area contributed by atoms with Gasteiger partial charge in [-0.1, -0.05) is 15.9 Å². The molecule has 1 aromatic rings. The number of rotatable bonds is 3. The van der Waals surface area contributed by atoms with Gasteiger partial charge in [0.05, 0.1) is 0 Å². The summed E-state index contributed by atoms with van der Waals surface area (Å²) in [5.41, 5.74) is 0. The highest BCUT2D eigenvalue weighted by molar-refractivity contribution is 9.10. The van der Waals surface area contributed by atoms with Gasteiger partial charge in [-0.25, -0.2) is 4.39 Å². The van der Waals surface area contributed by atoms with E-state index in [9.17, 15) is 9.18 Å². The zero-order chi connectivity index (χ0) is 11.5. The molecule has 5 heteroatoms. The van der Waals surface area contributed by atoms with Gasteiger partial charge < -0.3 is 9.64 Å². The third kappa shape index (κ3) is 2.52. The van der Waals surface area contributed by atoms with Crippen LogP contribution < -0.4 is 4.74 Å². The van der Waals surface area contributed by atoms with E-state index in [1.54, 1.807) is 11.0 Å². The lowest BCUT2D eigenvalue weighted by molar-refractivity contribution is -0.136. The molecule has 1 aromatic carbocycles. The van der Waals surface area contributed by atoms with Gasteiger partial charge in [-0.15, -0.1) is 0 Å². The van der Waals surface area contributed by atoms with Gasteiger partial charge in [0.15, 0.2) is 18.2 Å². The van der Waals surface area contributed by atoms with E-state index < -0.39 is 5.82 Å². The maximum absolute atomic E-state index is 13.3. The Morgan fingerprint density at radius 3 is 2.81 bits per heavy atom. The van der Waals surface area contributed by atoms with E-state index in [0.717, 1.165) is 19.5 Å². The van der Waals surface area contributed by atoms with Crippen molar-refractivity contribution in [3.8, 4) is 5.75 Å². The molecule has 0 bridgehead atoms. The zero-order valence-electron chi connectivity index (χ0n) is 8.58. The second-order valence-electron chi connectivity index (χ2n) is 3.60. The van der Waals surface area contributed by atoms with Crippen molar-refractivity contribution in [1.29, 1.82) is 0 Å². The number of ether oxygens (including phenoxy) is 1. The van der Waals surface area contributed by atoms with Crippen LogP contribution >= 0.6 is 15.9 Å². The molecule has 86 valence electrons. The van der Waals surface area contributed by atoms with E-state index in [2.05, 4.69) is 15.9 Å². The minimum Gasteiger partial charge on any atom is -0.481 e. The van der Waals surface area contributed by atoms with Crippen LogP contribution in [0.3, 0.4) is 0 Å². The number of likely N-dealkylation sites (tertiary alicyclic amines) is 1. The summed E-state index contributed by atoms with van der Waals surface area (Å²) in [5, 5.41) is 0. The first-order valence-corrected chi connectivity index (χ1v) is 5.82. The number of amides is 1. The quantitative estimate of drug-likeness (QED) is 0.853. The second-order valence-corrected chi connectivity index (χ2v) is 4.51. The predicted molar refractivity (Wildman–Crippen MR) is 60.8 cm³/mol. The van der Waals surface area contributed by atoms with Crippen molar-refractivity contribution in [3.63, 3.8) is 0 Å². The molecule has 3 nitrogen and oxygen atoms in total. The lowest BCUT2D eigenvalue weighted by atomic mass is 10.2. The minimum absolute atomic E-state index is 0.0893. The van der Waals surface area contributed by atoms with E-state index in [1.165, 1.54) is 12.1 Å². The third-order valence-electron chi connectivity index (χ3n) is 2.45. The molecule has 0 unspecified atom stereocenters. The molecule has 2 rings (SSSR count). The summed E-state index contributed by atoms with van der Waals surface area (Å²) in [6, 6.07) is 4.48. The monoisotopic (exact) mass is 287 g/mol. The molecule has 0 N–H and O–H groups in total. The van der Waals surface area contributed by atoms with Crippen molar-refractivity contribution >= 4 is 21.8 Å².